The van der Waals surface area contributed by atoms with Gasteiger partial charge in [0.05, 0.1) is 5.60 Å². The number of anilines is 1. The number of hydrogen-bond acceptors (Lipinski definition) is 2. The van der Waals surface area contributed by atoms with Gasteiger partial charge in [0, 0.05) is 11.7 Å². The van der Waals surface area contributed by atoms with E-state index in [1.807, 2.05) is 0 Å². The van der Waals surface area contributed by atoms with Crippen molar-refractivity contribution in [2.24, 2.45) is 17.8 Å². The highest BCUT2D eigenvalue weighted by atomic mass is 35.5. The Morgan fingerprint density at radius 3 is 1.69 bits per heavy atom. The first kappa shape index (κ1) is 22.9. The zero-order valence-electron chi connectivity index (χ0n) is 19.4. The van der Waals surface area contributed by atoms with Gasteiger partial charge in [-0.1, -0.05) is 45.9 Å². The van der Waals surface area contributed by atoms with Crippen molar-refractivity contribution in [1.82, 2.24) is 0 Å². The lowest BCUT2D eigenvalue weighted by molar-refractivity contribution is -0.162. The fourth-order valence-electron chi connectivity index (χ4n) is 6.73. The number of benzene rings is 1. The fourth-order valence-corrected chi connectivity index (χ4v) is 6.73. The molecule has 5 rings (SSSR count). The molecule has 4 aliphatic carbocycles. The number of rotatable bonds is 7. The molecule has 0 saturated heterocycles. The van der Waals surface area contributed by atoms with Crippen LogP contribution in [0.5, 0.6) is 0 Å². The van der Waals surface area contributed by atoms with Crippen molar-refractivity contribution in [3.05, 3.63) is 29.3 Å². The minimum atomic E-state index is 0. The van der Waals surface area contributed by atoms with Crippen molar-refractivity contribution in [2.75, 3.05) is 11.6 Å². The van der Waals surface area contributed by atoms with Gasteiger partial charge in [0.1, 0.15) is 6.73 Å². The van der Waals surface area contributed by atoms with Gasteiger partial charge in [0.25, 0.3) is 0 Å². The van der Waals surface area contributed by atoms with Crippen molar-refractivity contribution in [3.8, 4) is 0 Å². The number of nitrogens with zero attached hydrogens (tertiary/aromatic N) is 1. The predicted molar refractivity (Wildman–Crippen MR) is 126 cm³/mol. The molecule has 0 unspecified atom stereocenters. The average molecular weight is 420 g/mol. The van der Waals surface area contributed by atoms with Crippen LogP contribution in [0, 0.1) is 17.8 Å². The lowest BCUT2D eigenvalue weighted by Crippen LogP contribution is -2.53. The zero-order chi connectivity index (χ0) is 20.1. The summed E-state index contributed by atoms with van der Waals surface area (Å²) >= 11 is 0. The van der Waals surface area contributed by atoms with E-state index in [4.69, 9.17) is 4.74 Å². The molecule has 0 spiro atoms. The SMILES string of the molecule is CC(C)c1cccc(C(C)C)c1N(COC12CC3CC(CC(C3)C1)C2)C(C)C.Cl. The van der Waals surface area contributed by atoms with Gasteiger partial charge >= 0.3 is 0 Å². The zero-order valence-corrected chi connectivity index (χ0v) is 20.2. The number of ether oxygens (including phenoxy) is 1. The first-order valence-electron chi connectivity index (χ1n) is 11.8. The van der Waals surface area contributed by atoms with E-state index in [0.29, 0.717) is 17.9 Å². The van der Waals surface area contributed by atoms with E-state index in [1.165, 1.54) is 55.3 Å². The van der Waals surface area contributed by atoms with E-state index < -0.39 is 0 Å². The molecule has 164 valence electrons. The van der Waals surface area contributed by atoms with E-state index >= 15 is 0 Å². The Kier molecular flexibility index (Phi) is 6.95. The van der Waals surface area contributed by atoms with Crippen LogP contribution < -0.4 is 4.90 Å². The molecule has 4 fully saturated rings. The van der Waals surface area contributed by atoms with E-state index in [9.17, 15) is 0 Å². The van der Waals surface area contributed by atoms with Crippen LogP contribution in [0.1, 0.15) is 103 Å². The van der Waals surface area contributed by atoms with Gasteiger partial charge in [-0.3, -0.25) is 0 Å². The van der Waals surface area contributed by atoms with Gasteiger partial charge in [0.15, 0.2) is 0 Å². The molecule has 3 heteroatoms. The summed E-state index contributed by atoms with van der Waals surface area (Å²) in [6, 6.07) is 7.33. The van der Waals surface area contributed by atoms with Crippen LogP contribution in [0.3, 0.4) is 0 Å². The molecule has 4 bridgehead atoms. The van der Waals surface area contributed by atoms with Crippen LogP contribution in [0.15, 0.2) is 18.2 Å². The Hall–Kier alpha value is -0.730. The van der Waals surface area contributed by atoms with Crippen LogP contribution in [-0.4, -0.2) is 18.4 Å². The first-order valence-corrected chi connectivity index (χ1v) is 11.8. The Morgan fingerprint density at radius 1 is 0.862 bits per heavy atom. The normalized spacial score (nSPS) is 30.3. The first-order chi connectivity index (χ1) is 13.3. The summed E-state index contributed by atoms with van der Waals surface area (Å²) in [5.74, 6) is 3.86. The quantitative estimate of drug-likeness (QED) is 0.424. The van der Waals surface area contributed by atoms with Crippen molar-refractivity contribution in [1.29, 1.82) is 0 Å². The molecule has 0 radical (unpaired) electrons. The molecule has 0 aromatic heterocycles. The Bertz CT molecular complexity index is 634. The molecule has 4 saturated carbocycles. The highest BCUT2D eigenvalue weighted by Gasteiger charge is 2.51. The number of hydrogen-bond donors (Lipinski definition) is 0. The molecule has 0 aliphatic heterocycles. The topological polar surface area (TPSA) is 12.5 Å². The Labute approximate surface area is 185 Å². The van der Waals surface area contributed by atoms with Crippen molar-refractivity contribution >= 4 is 18.1 Å². The van der Waals surface area contributed by atoms with Crippen LogP contribution in [0.2, 0.25) is 0 Å². The van der Waals surface area contributed by atoms with Gasteiger partial charge in [0.2, 0.25) is 0 Å². The largest absolute Gasteiger partial charge is 0.355 e. The maximum atomic E-state index is 6.92. The number of para-hydroxylation sites is 1. The van der Waals surface area contributed by atoms with E-state index in [0.717, 1.165) is 24.5 Å². The van der Waals surface area contributed by atoms with E-state index in [-0.39, 0.29) is 18.0 Å². The summed E-state index contributed by atoms with van der Waals surface area (Å²) in [6.45, 7) is 14.7. The maximum Gasteiger partial charge on any atom is 0.119 e. The maximum absolute atomic E-state index is 6.92. The molecule has 29 heavy (non-hydrogen) atoms. The Balaban J connectivity index is 0.00000240. The van der Waals surface area contributed by atoms with Crippen molar-refractivity contribution in [3.63, 3.8) is 0 Å². The second-order valence-electron chi connectivity index (χ2n) is 11.0. The molecule has 0 N–H and O–H groups in total. The predicted octanol–water partition coefficient (Wildman–Crippen LogP) is 7.51. The van der Waals surface area contributed by atoms with Crippen LogP contribution in [0.4, 0.5) is 5.69 Å². The van der Waals surface area contributed by atoms with Gasteiger partial charge in [-0.2, -0.15) is 0 Å². The van der Waals surface area contributed by atoms with Crippen LogP contribution >= 0.6 is 12.4 Å². The minimum absolute atomic E-state index is 0. The third-order valence-electron chi connectivity index (χ3n) is 7.74. The molecule has 1 aromatic rings. The highest BCUT2D eigenvalue weighted by molar-refractivity contribution is 5.85. The second-order valence-corrected chi connectivity index (χ2v) is 11.0. The third kappa shape index (κ3) is 4.49. The minimum Gasteiger partial charge on any atom is -0.355 e. The van der Waals surface area contributed by atoms with Gasteiger partial charge in [-0.25, -0.2) is 0 Å². The molecule has 1 aromatic carbocycles. The van der Waals surface area contributed by atoms with Gasteiger partial charge in [-0.15, -0.1) is 12.4 Å². The third-order valence-corrected chi connectivity index (χ3v) is 7.74. The highest BCUT2D eigenvalue weighted by Crippen LogP contribution is 2.57. The van der Waals surface area contributed by atoms with Crippen molar-refractivity contribution < 1.29 is 4.74 Å². The van der Waals surface area contributed by atoms with Crippen LogP contribution in [-0.2, 0) is 4.74 Å². The van der Waals surface area contributed by atoms with E-state index in [1.54, 1.807) is 0 Å². The summed E-state index contributed by atoms with van der Waals surface area (Å²) in [6.07, 6.45) is 8.37. The summed E-state index contributed by atoms with van der Waals surface area (Å²) < 4.78 is 6.92. The summed E-state index contributed by atoms with van der Waals surface area (Å²) in [7, 11) is 0. The monoisotopic (exact) mass is 419 g/mol. The molecule has 0 atom stereocenters. The van der Waals surface area contributed by atoms with Crippen LogP contribution in [0.25, 0.3) is 0 Å². The standard InChI is InChI=1S/C26H41NO.ClH/c1-17(2)23-8-7-9-24(18(3)4)25(23)27(19(5)6)16-28-26-13-20-10-21(14-26)12-22(11-20)15-26;/h7-9,17-22H,10-16H2,1-6H3;1H. The second kappa shape index (κ2) is 8.79. The summed E-state index contributed by atoms with van der Waals surface area (Å²) in [5.41, 5.74) is 4.54. The molecule has 0 amide bonds. The Morgan fingerprint density at radius 2 is 1.31 bits per heavy atom. The molecule has 4 aliphatic rings. The smallest absolute Gasteiger partial charge is 0.119 e. The lowest BCUT2D eigenvalue weighted by Gasteiger charge is -2.56. The fraction of sp³-hybridized carbons (Fsp3) is 0.769. The van der Waals surface area contributed by atoms with E-state index in [2.05, 4.69) is 64.6 Å². The van der Waals surface area contributed by atoms with Gasteiger partial charge in [-0.05, 0) is 93.1 Å². The van der Waals surface area contributed by atoms with Crippen molar-refractivity contribution in [2.45, 2.75) is 104 Å². The van der Waals surface area contributed by atoms with Gasteiger partial charge < -0.3 is 9.64 Å². The average Bonchev–Trinajstić information content (AvgIpc) is 2.60. The summed E-state index contributed by atoms with van der Waals surface area (Å²) in [4.78, 5) is 2.56. The number of halogens is 1. The molecule has 2 nitrogen and oxygen atoms in total. The molecule has 0 heterocycles. The molecular formula is C26H42ClNO. The summed E-state index contributed by atoms with van der Waals surface area (Å²) in [5, 5.41) is 0. The molecular weight excluding hydrogens is 378 g/mol. The lowest BCUT2D eigenvalue weighted by atomic mass is 9.54.